The molecule has 3 nitrogen and oxygen atoms in total. The summed E-state index contributed by atoms with van der Waals surface area (Å²) in [6.45, 7) is 2.25. The summed E-state index contributed by atoms with van der Waals surface area (Å²) >= 11 is 2.37. The SMILES string of the molecule is O=C(O)CCC/C=C\CCCCCNCCI. The number of carboxylic acid groups (broad SMARTS) is 1. The van der Waals surface area contributed by atoms with Gasteiger partial charge in [0.2, 0.25) is 0 Å². The van der Waals surface area contributed by atoms with Gasteiger partial charge in [0.25, 0.3) is 0 Å². The molecule has 17 heavy (non-hydrogen) atoms. The summed E-state index contributed by atoms with van der Waals surface area (Å²) in [5.41, 5.74) is 0. The highest BCUT2D eigenvalue weighted by molar-refractivity contribution is 14.1. The van der Waals surface area contributed by atoms with Gasteiger partial charge in [0.1, 0.15) is 0 Å². The molecule has 0 bridgehead atoms. The first-order chi connectivity index (χ1) is 8.27. The van der Waals surface area contributed by atoms with Crippen LogP contribution in [-0.2, 0) is 4.79 Å². The minimum Gasteiger partial charge on any atom is -0.481 e. The van der Waals surface area contributed by atoms with Crippen LogP contribution in [0.1, 0.15) is 44.9 Å². The zero-order valence-corrected chi connectivity index (χ0v) is 12.6. The van der Waals surface area contributed by atoms with E-state index >= 15 is 0 Å². The number of rotatable bonds is 12. The summed E-state index contributed by atoms with van der Waals surface area (Å²) in [5, 5.41) is 11.8. The molecule has 0 radical (unpaired) electrons. The average molecular weight is 353 g/mol. The molecule has 0 fully saturated rings. The van der Waals surface area contributed by atoms with Crippen LogP contribution in [0.2, 0.25) is 0 Å². The van der Waals surface area contributed by atoms with Crippen LogP contribution in [0.25, 0.3) is 0 Å². The first-order valence-electron chi connectivity index (χ1n) is 6.41. The van der Waals surface area contributed by atoms with E-state index in [1.807, 2.05) is 0 Å². The maximum atomic E-state index is 10.3. The molecule has 0 heterocycles. The predicted molar refractivity (Wildman–Crippen MR) is 80.9 cm³/mol. The molecule has 0 saturated carbocycles. The third kappa shape index (κ3) is 15.9. The van der Waals surface area contributed by atoms with E-state index < -0.39 is 5.97 Å². The summed E-state index contributed by atoms with van der Waals surface area (Å²) in [5.74, 6) is -0.697. The molecule has 0 rings (SSSR count). The Morgan fingerprint density at radius 2 is 1.76 bits per heavy atom. The van der Waals surface area contributed by atoms with Crippen LogP contribution in [0.5, 0.6) is 0 Å². The van der Waals surface area contributed by atoms with Gasteiger partial charge in [0.15, 0.2) is 0 Å². The largest absolute Gasteiger partial charge is 0.481 e. The molecule has 2 N–H and O–H groups in total. The Morgan fingerprint density at radius 3 is 2.41 bits per heavy atom. The maximum Gasteiger partial charge on any atom is 0.303 e. The van der Waals surface area contributed by atoms with Crippen molar-refractivity contribution in [2.75, 3.05) is 17.5 Å². The average Bonchev–Trinajstić information content (AvgIpc) is 2.30. The molecule has 0 aromatic heterocycles. The van der Waals surface area contributed by atoms with E-state index in [0.717, 1.165) is 32.4 Å². The number of alkyl halides is 1. The van der Waals surface area contributed by atoms with Gasteiger partial charge in [-0.25, -0.2) is 0 Å². The molecule has 4 heteroatoms. The number of halogens is 1. The Morgan fingerprint density at radius 1 is 1.06 bits per heavy atom. The summed E-state index contributed by atoms with van der Waals surface area (Å²) in [6.07, 6.45) is 11.1. The van der Waals surface area contributed by atoms with Gasteiger partial charge in [-0.15, -0.1) is 0 Å². The van der Waals surface area contributed by atoms with E-state index in [2.05, 4.69) is 40.1 Å². The Labute approximate surface area is 118 Å². The first-order valence-corrected chi connectivity index (χ1v) is 7.93. The second kappa shape index (κ2) is 14.0. The molecule has 0 aliphatic heterocycles. The van der Waals surface area contributed by atoms with Crippen LogP contribution in [0.15, 0.2) is 12.2 Å². The number of hydrogen-bond donors (Lipinski definition) is 2. The van der Waals surface area contributed by atoms with Crippen molar-refractivity contribution < 1.29 is 9.90 Å². The third-order valence-electron chi connectivity index (χ3n) is 2.42. The minimum absolute atomic E-state index is 0.285. The van der Waals surface area contributed by atoms with Gasteiger partial charge < -0.3 is 10.4 Å². The number of aliphatic carboxylic acids is 1. The fraction of sp³-hybridized carbons (Fsp3) is 0.769. The van der Waals surface area contributed by atoms with Crippen molar-refractivity contribution in [1.29, 1.82) is 0 Å². The number of allylic oxidation sites excluding steroid dienone is 2. The van der Waals surface area contributed by atoms with Gasteiger partial charge in [0.05, 0.1) is 0 Å². The van der Waals surface area contributed by atoms with Gasteiger partial charge in [-0.2, -0.15) is 0 Å². The first kappa shape index (κ1) is 16.9. The summed E-state index contributed by atoms with van der Waals surface area (Å²) in [7, 11) is 0. The van der Waals surface area contributed by atoms with E-state index in [-0.39, 0.29) is 6.42 Å². The van der Waals surface area contributed by atoms with Crippen molar-refractivity contribution in [3.63, 3.8) is 0 Å². The zero-order chi connectivity index (χ0) is 12.8. The highest BCUT2D eigenvalue weighted by atomic mass is 127. The van der Waals surface area contributed by atoms with Gasteiger partial charge >= 0.3 is 5.97 Å². The second-order valence-electron chi connectivity index (χ2n) is 4.05. The number of carbonyl (C=O) groups is 1. The smallest absolute Gasteiger partial charge is 0.303 e. The molecule has 0 aromatic rings. The van der Waals surface area contributed by atoms with E-state index in [1.54, 1.807) is 0 Å². The molecular weight excluding hydrogens is 329 g/mol. The quantitative estimate of drug-likeness (QED) is 0.245. The van der Waals surface area contributed by atoms with Crippen molar-refractivity contribution in [2.24, 2.45) is 0 Å². The lowest BCUT2D eigenvalue weighted by atomic mass is 10.1. The van der Waals surface area contributed by atoms with Gasteiger partial charge in [-0.05, 0) is 38.6 Å². The highest BCUT2D eigenvalue weighted by Gasteiger charge is 1.93. The minimum atomic E-state index is -0.697. The normalized spacial score (nSPS) is 11.1. The fourth-order valence-corrected chi connectivity index (χ4v) is 1.87. The second-order valence-corrected chi connectivity index (χ2v) is 5.12. The van der Waals surface area contributed by atoms with Crippen molar-refractivity contribution >= 4 is 28.6 Å². The lowest BCUT2D eigenvalue weighted by molar-refractivity contribution is -0.137. The molecular formula is C13H24INO2. The van der Waals surface area contributed by atoms with Crippen LogP contribution >= 0.6 is 22.6 Å². The van der Waals surface area contributed by atoms with Crippen LogP contribution in [0.4, 0.5) is 0 Å². The lowest BCUT2D eigenvalue weighted by Gasteiger charge is -2.01. The molecule has 0 amide bonds. The maximum absolute atomic E-state index is 10.3. The molecule has 0 aromatic carbocycles. The Bertz CT molecular complexity index is 208. The number of nitrogens with one attached hydrogen (secondary N) is 1. The molecule has 0 unspecified atom stereocenters. The zero-order valence-electron chi connectivity index (χ0n) is 10.5. The van der Waals surface area contributed by atoms with Crippen molar-refractivity contribution in [3.05, 3.63) is 12.2 Å². The van der Waals surface area contributed by atoms with Crippen LogP contribution in [0.3, 0.4) is 0 Å². The van der Waals surface area contributed by atoms with Gasteiger partial charge in [-0.3, -0.25) is 4.79 Å². The van der Waals surface area contributed by atoms with E-state index in [9.17, 15) is 4.79 Å². The lowest BCUT2D eigenvalue weighted by Crippen LogP contribution is -2.17. The Kier molecular flexibility index (Phi) is 13.9. The molecule has 100 valence electrons. The molecule has 0 spiro atoms. The molecule has 0 atom stereocenters. The van der Waals surface area contributed by atoms with Gasteiger partial charge in [-0.1, -0.05) is 41.2 Å². The standard InChI is InChI=1S/C13H24INO2/c14-10-12-15-11-8-6-4-2-1-3-5-7-9-13(16)17/h1,3,15H,2,4-12H2,(H,16,17)/b3-1-. The van der Waals surface area contributed by atoms with Crippen LogP contribution in [0, 0.1) is 0 Å². The topological polar surface area (TPSA) is 49.3 Å². The Balaban J connectivity index is 3.06. The summed E-state index contributed by atoms with van der Waals surface area (Å²) in [6, 6.07) is 0. The van der Waals surface area contributed by atoms with Gasteiger partial charge in [0, 0.05) is 17.4 Å². The monoisotopic (exact) mass is 353 g/mol. The summed E-state index contributed by atoms with van der Waals surface area (Å²) in [4.78, 5) is 10.3. The highest BCUT2D eigenvalue weighted by Crippen LogP contribution is 2.02. The Hall–Kier alpha value is -0.100. The third-order valence-corrected chi connectivity index (χ3v) is 2.96. The van der Waals surface area contributed by atoms with Crippen molar-refractivity contribution in [1.82, 2.24) is 5.32 Å². The molecule has 0 aliphatic rings. The van der Waals surface area contributed by atoms with E-state index in [1.165, 1.54) is 23.7 Å². The van der Waals surface area contributed by atoms with E-state index in [0.29, 0.717) is 0 Å². The van der Waals surface area contributed by atoms with E-state index in [4.69, 9.17) is 5.11 Å². The van der Waals surface area contributed by atoms with Crippen molar-refractivity contribution in [3.8, 4) is 0 Å². The fourth-order valence-electron chi connectivity index (χ4n) is 1.49. The summed E-state index contributed by atoms with van der Waals surface area (Å²) < 4.78 is 1.18. The number of hydrogen-bond acceptors (Lipinski definition) is 2. The number of unbranched alkanes of at least 4 members (excludes halogenated alkanes) is 4. The molecule has 0 aliphatic carbocycles. The van der Waals surface area contributed by atoms with Crippen molar-refractivity contribution in [2.45, 2.75) is 44.9 Å². The predicted octanol–water partition coefficient (Wildman–Crippen LogP) is 3.38. The number of carboxylic acids is 1. The van der Waals surface area contributed by atoms with Crippen LogP contribution < -0.4 is 5.32 Å². The van der Waals surface area contributed by atoms with Crippen LogP contribution in [-0.4, -0.2) is 28.6 Å². The molecule has 0 saturated heterocycles.